The monoisotopic (exact) mass is 197 g/mol. The fraction of sp³-hybridized carbons (Fsp3) is 0.667. The highest BCUT2D eigenvalue weighted by Gasteiger charge is 2.30. The number of nitrogens with two attached hydrogens (primary N) is 1. The summed E-state index contributed by atoms with van der Waals surface area (Å²) in [6, 6.07) is 0.753. The molecule has 0 saturated heterocycles. The summed E-state index contributed by atoms with van der Waals surface area (Å²) in [5.41, 5.74) is 6.88. The fourth-order valence-corrected chi connectivity index (χ4v) is 2.51. The van der Waals surface area contributed by atoms with E-state index in [-0.39, 0.29) is 0 Å². The second-order valence-corrected chi connectivity index (χ2v) is 4.27. The third-order valence-corrected chi connectivity index (χ3v) is 3.53. The molecule has 0 aromatic carbocycles. The van der Waals surface area contributed by atoms with Gasteiger partial charge in [-0.3, -0.25) is 0 Å². The molecule has 13 heavy (non-hydrogen) atoms. The van der Waals surface area contributed by atoms with Crippen molar-refractivity contribution in [2.24, 2.45) is 0 Å². The quantitative estimate of drug-likeness (QED) is 0.806. The minimum atomic E-state index is 0.694. The van der Waals surface area contributed by atoms with E-state index in [1.54, 1.807) is 0 Å². The summed E-state index contributed by atoms with van der Waals surface area (Å²) in [6.07, 6.45) is 2.65. The van der Waals surface area contributed by atoms with Crippen LogP contribution in [0, 0.1) is 6.92 Å². The van der Waals surface area contributed by atoms with E-state index in [1.165, 1.54) is 29.4 Å². The summed E-state index contributed by atoms with van der Waals surface area (Å²) in [4.78, 5) is 2.42. The summed E-state index contributed by atoms with van der Waals surface area (Å²) in [5.74, 6) is 0.694. The van der Waals surface area contributed by atoms with Crippen LogP contribution in [0.1, 0.15) is 25.3 Å². The zero-order valence-electron chi connectivity index (χ0n) is 8.08. The van der Waals surface area contributed by atoms with Crippen molar-refractivity contribution in [2.45, 2.75) is 32.7 Å². The Hall–Kier alpha value is -0.770. The number of hydrogen-bond acceptors (Lipinski definition) is 4. The zero-order chi connectivity index (χ0) is 9.42. The first-order chi connectivity index (χ1) is 6.24. The van der Waals surface area contributed by atoms with E-state index in [2.05, 4.69) is 23.1 Å². The standard InChI is InChI=1S/C9H15N3S/c1-3-12(7-4-5-7)9-6(2)8(10)11-13-9/h7H,3-5H2,1-2H3,(H2,10,11). The SMILES string of the molecule is CCN(c1snc(N)c1C)C1CC1. The van der Waals surface area contributed by atoms with Crippen LogP contribution in [0.3, 0.4) is 0 Å². The maximum atomic E-state index is 5.73. The number of nitrogen functional groups attached to an aromatic ring is 1. The van der Waals surface area contributed by atoms with Gasteiger partial charge >= 0.3 is 0 Å². The number of aromatic nitrogens is 1. The van der Waals surface area contributed by atoms with Crippen LogP contribution in [-0.4, -0.2) is 17.0 Å². The predicted octanol–water partition coefficient (Wildman–Crippen LogP) is 2.02. The second-order valence-electron chi connectivity index (χ2n) is 3.52. The van der Waals surface area contributed by atoms with E-state index in [0.29, 0.717) is 5.82 Å². The lowest BCUT2D eigenvalue weighted by atomic mass is 10.3. The Labute approximate surface area is 82.7 Å². The molecule has 0 aliphatic heterocycles. The summed E-state index contributed by atoms with van der Waals surface area (Å²) >= 11 is 1.53. The average molecular weight is 197 g/mol. The van der Waals surface area contributed by atoms with Crippen molar-refractivity contribution in [2.75, 3.05) is 17.2 Å². The molecule has 0 atom stereocenters. The van der Waals surface area contributed by atoms with E-state index in [4.69, 9.17) is 5.73 Å². The van der Waals surface area contributed by atoms with Crippen LogP contribution in [0.15, 0.2) is 0 Å². The molecule has 1 aliphatic rings. The first-order valence-electron chi connectivity index (χ1n) is 4.72. The molecule has 1 fully saturated rings. The molecular weight excluding hydrogens is 182 g/mol. The Morgan fingerprint density at radius 2 is 2.31 bits per heavy atom. The van der Waals surface area contributed by atoms with Gasteiger partial charge < -0.3 is 10.6 Å². The van der Waals surface area contributed by atoms with Gasteiger partial charge in [-0.05, 0) is 38.2 Å². The zero-order valence-corrected chi connectivity index (χ0v) is 8.90. The van der Waals surface area contributed by atoms with Gasteiger partial charge in [-0.2, -0.15) is 4.37 Å². The maximum absolute atomic E-state index is 5.73. The Bertz CT molecular complexity index is 304. The van der Waals surface area contributed by atoms with Gasteiger partial charge in [0.25, 0.3) is 0 Å². The van der Waals surface area contributed by atoms with E-state index in [0.717, 1.165) is 18.2 Å². The van der Waals surface area contributed by atoms with Crippen LogP contribution >= 0.6 is 11.5 Å². The Kier molecular flexibility index (Phi) is 2.15. The van der Waals surface area contributed by atoms with E-state index >= 15 is 0 Å². The van der Waals surface area contributed by atoms with Crippen LogP contribution in [0.2, 0.25) is 0 Å². The van der Waals surface area contributed by atoms with Gasteiger partial charge in [0.15, 0.2) is 0 Å². The topological polar surface area (TPSA) is 42.2 Å². The van der Waals surface area contributed by atoms with Gasteiger partial charge in [-0.15, -0.1) is 0 Å². The molecule has 1 aromatic heterocycles. The van der Waals surface area contributed by atoms with Gasteiger partial charge in [0.05, 0.1) is 0 Å². The Balaban J connectivity index is 2.26. The van der Waals surface area contributed by atoms with Crippen molar-refractivity contribution in [3.63, 3.8) is 0 Å². The largest absolute Gasteiger partial charge is 0.383 e. The molecule has 1 saturated carbocycles. The highest BCUT2D eigenvalue weighted by Crippen LogP contribution is 2.37. The molecule has 1 heterocycles. The minimum Gasteiger partial charge on any atom is -0.383 e. The van der Waals surface area contributed by atoms with Crippen molar-refractivity contribution >= 4 is 22.4 Å². The Morgan fingerprint density at radius 3 is 2.69 bits per heavy atom. The third kappa shape index (κ3) is 1.50. The van der Waals surface area contributed by atoms with Crippen LogP contribution in [-0.2, 0) is 0 Å². The smallest absolute Gasteiger partial charge is 0.142 e. The van der Waals surface area contributed by atoms with Gasteiger partial charge in [0.1, 0.15) is 10.8 Å². The third-order valence-electron chi connectivity index (χ3n) is 2.52. The van der Waals surface area contributed by atoms with Crippen molar-refractivity contribution in [1.82, 2.24) is 4.37 Å². The van der Waals surface area contributed by atoms with Gasteiger partial charge in [-0.1, -0.05) is 0 Å². The lowest BCUT2D eigenvalue weighted by Gasteiger charge is -2.20. The van der Waals surface area contributed by atoms with Crippen LogP contribution in [0.4, 0.5) is 10.8 Å². The molecule has 2 N–H and O–H groups in total. The number of nitrogens with zero attached hydrogens (tertiary/aromatic N) is 2. The fourth-order valence-electron chi connectivity index (χ4n) is 1.56. The molecular formula is C9H15N3S. The maximum Gasteiger partial charge on any atom is 0.142 e. The Morgan fingerprint density at radius 1 is 1.62 bits per heavy atom. The molecule has 1 aliphatic carbocycles. The number of anilines is 2. The molecule has 2 rings (SSSR count). The summed E-state index contributed by atoms with van der Waals surface area (Å²) < 4.78 is 4.17. The molecule has 0 unspecified atom stereocenters. The van der Waals surface area contributed by atoms with Crippen LogP contribution in [0.25, 0.3) is 0 Å². The minimum absolute atomic E-state index is 0.694. The first-order valence-corrected chi connectivity index (χ1v) is 5.49. The summed E-state index contributed by atoms with van der Waals surface area (Å²) in [5, 5.41) is 1.27. The highest BCUT2D eigenvalue weighted by atomic mass is 32.1. The number of hydrogen-bond donors (Lipinski definition) is 1. The predicted molar refractivity (Wildman–Crippen MR) is 57.3 cm³/mol. The average Bonchev–Trinajstić information content (AvgIpc) is 2.89. The highest BCUT2D eigenvalue weighted by molar-refractivity contribution is 7.10. The van der Waals surface area contributed by atoms with Gasteiger partial charge in [-0.25, -0.2) is 0 Å². The molecule has 0 bridgehead atoms. The normalized spacial score (nSPS) is 16.2. The molecule has 3 nitrogen and oxygen atoms in total. The van der Waals surface area contributed by atoms with E-state index in [9.17, 15) is 0 Å². The molecule has 72 valence electrons. The summed E-state index contributed by atoms with van der Waals surface area (Å²) in [6.45, 7) is 5.31. The van der Waals surface area contributed by atoms with Crippen molar-refractivity contribution in [1.29, 1.82) is 0 Å². The van der Waals surface area contributed by atoms with Crippen LogP contribution in [0.5, 0.6) is 0 Å². The van der Waals surface area contributed by atoms with Crippen molar-refractivity contribution in [3.8, 4) is 0 Å². The van der Waals surface area contributed by atoms with Crippen molar-refractivity contribution in [3.05, 3.63) is 5.56 Å². The first kappa shape index (κ1) is 8.81. The molecule has 0 amide bonds. The summed E-state index contributed by atoms with van der Waals surface area (Å²) in [7, 11) is 0. The molecule has 4 heteroatoms. The van der Waals surface area contributed by atoms with Crippen LogP contribution < -0.4 is 10.6 Å². The van der Waals surface area contributed by atoms with Gasteiger partial charge in [0.2, 0.25) is 0 Å². The van der Waals surface area contributed by atoms with E-state index in [1.807, 2.05) is 0 Å². The van der Waals surface area contributed by atoms with Gasteiger partial charge in [0, 0.05) is 18.2 Å². The molecule has 1 aromatic rings. The number of rotatable bonds is 3. The molecule has 0 spiro atoms. The lowest BCUT2D eigenvalue weighted by Crippen LogP contribution is -2.24. The van der Waals surface area contributed by atoms with Crippen molar-refractivity contribution < 1.29 is 0 Å². The second kappa shape index (κ2) is 3.18. The molecule has 0 radical (unpaired) electrons. The lowest BCUT2D eigenvalue weighted by molar-refractivity contribution is 0.832. The van der Waals surface area contributed by atoms with E-state index < -0.39 is 0 Å².